The number of aliphatic hydroxyl groups is 1. The minimum absolute atomic E-state index is 0.0111. The van der Waals surface area contributed by atoms with Crippen LogP contribution in [0.25, 0.3) is 20.7 Å². The third kappa shape index (κ3) is 6.24. The Morgan fingerprint density at radius 1 is 1.04 bits per heavy atom. The number of halogens is 1. The molecule has 0 saturated carbocycles. The van der Waals surface area contributed by atoms with Crippen molar-refractivity contribution >= 4 is 44.7 Å². The summed E-state index contributed by atoms with van der Waals surface area (Å²) >= 11 is 2.52. The fraction of sp³-hybridized carbons (Fsp3) is 0.343. The van der Waals surface area contributed by atoms with Gasteiger partial charge in [-0.05, 0) is 55.3 Å². The Labute approximate surface area is 278 Å². The molecule has 2 fully saturated rings. The predicted molar refractivity (Wildman–Crippen MR) is 180 cm³/mol. The van der Waals surface area contributed by atoms with Crippen LogP contribution in [0, 0.1) is 18.7 Å². The normalized spacial score (nSPS) is 19.6. The Morgan fingerprint density at radius 2 is 1.83 bits per heavy atom. The number of pyridine rings is 1. The van der Waals surface area contributed by atoms with E-state index in [4.69, 9.17) is 0 Å². The number of fused-ring (bicyclic) bond motifs is 1. The summed E-state index contributed by atoms with van der Waals surface area (Å²) in [6.45, 7) is 3.32. The van der Waals surface area contributed by atoms with Gasteiger partial charge >= 0.3 is 0 Å². The van der Waals surface area contributed by atoms with Gasteiger partial charge in [-0.25, -0.2) is 9.37 Å². The van der Waals surface area contributed by atoms with Gasteiger partial charge in [0.05, 0.1) is 23.9 Å². The Morgan fingerprint density at radius 3 is 2.57 bits per heavy atom. The summed E-state index contributed by atoms with van der Waals surface area (Å²) in [5, 5.41) is 13.8. The second-order valence-corrected chi connectivity index (χ2v) is 14.5. The average Bonchev–Trinajstić information content (AvgIpc) is 3.73. The number of benzene rings is 1. The highest BCUT2D eigenvalue weighted by molar-refractivity contribution is 7.17. The van der Waals surface area contributed by atoms with Crippen LogP contribution in [0.1, 0.15) is 46.1 Å². The van der Waals surface area contributed by atoms with Crippen LogP contribution in [0.15, 0.2) is 77.3 Å². The highest BCUT2D eigenvalue weighted by Gasteiger charge is 2.42. The van der Waals surface area contributed by atoms with Gasteiger partial charge in [-0.1, -0.05) is 36.4 Å². The molecule has 47 heavy (non-hydrogen) atoms. The summed E-state index contributed by atoms with van der Waals surface area (Å²) in [7, 11) is 0. The lowest BCUT2D eigenvalue weighted by atomic mass is 9.79. The SMILES string of the molecule is Cc1ccc(-c2cc(F)c(C(=O)N3CC[C@@H](C(=O)N4CCC(O)(Cn5cnc6sccc6c5=O)CC4)[C@H](c4ccccc4)C3)s2)cn1. The van der Waals surface area contributed by atoms with Gasteiger partial charge in [0, 0.05) is 60.3 Å². The number of carbonyl (C=O) groups excluding carboxylic acids is 2. The van der Waals surface area contributed by atoms with Crippen LogP contribution < -0.4 is 5.56 Å². The number of aryl methyl sites for hydroxylation is 1. The third-order valence-corrected chi connectivity index (χ3v) is 11.4. The molecule has 2 aliphatic heterocycles. The highest BCUT2D eigenvalue weighted by Crippen LogP contribution is 2.38. The maximum atomic E-state index is 15.2. The highest BCUT2D eigenvalue weighted by atomic mass is 32.1. The molecule has 0 radical (unpaired) electrons. The van der Waals surface area contributed by atoms with Gasteiger partial charge in [0.25, 0.3) is 11.5 Å². The molecule has 0 bridgehead atoms. The number of amides is 2. The van der Waals surface area contributed by atoms with E-state index in [1.54, 1.807) is 22.1 Å². The van der Waals surface area contributed by atoms with Crippen LogP contribution >= 0.6 is 22.7 Å². The zero-order chi connectivity index (χ0) is 32.7. The van der Waals surface area contributed by atoms with E-state index in [9.17, 15) is 19.5 Å². The van der Waals surface area contributed by atoms with Crippen molar-refractivity contribution < 1.29 is 19.1 Å². The second-order valence-electron chi connectivity index (χ2n) is 12.5. The van der Waals surface area contributed by atoms with E-state index < -0.39 is 11.4 Å². The van der Waals surface area contributed by atoms with E-state index >= 15 is 4.39 Å². The van der Waals surface area contributed by atoms with Crippen LogP contribution in [-0.2, 0) is 11.3 Å². The molecular weight excluding hydrogens is 638 g/mol. The number of piperidine rings is 2. The molecule has 0 unspecified atom stereocenters. The van der Waals surface area contributed by atoms with Gasteiger partial charge in [0.15, 0.2) is 0 Å². The minimum Gasteiger partial charge on any atom is -0.388 e. The van der Waals surface area contributed by atoms with Crippen molar-refractivity contribution in [3.63, 3.8) is 0 Å². The minimum atomic E-state index is -1.14. The first-order valence-electron chi connectivity index (χ1n) is 15.7. The number of carbonyl (C=O) groups is 2. The third-order valence-electron chi connectivity index (χ3n) is 9.44. The maximum Gasteiger partial charge on any atom is 0.266 e. The molecule has 2 aliphatic rings. The number of hydrogen-bond acceptors (Lipinski definition) is 8. The van der Waals surface area contributed by atoms with E-state index in [0.717, 1.165) is 28.2 Å². The topological polar surface area (TPSA) is 109 Å². The number of hydrogen-bond donors (Lipinski definition) is 1. The van der Waals surface area contributed by atoms with Crippen molar-refractivity contribution in [1.82, 2.24) is 24.3 Å². The van der Waals surface area contributed by atoms with E-state index in [0.29, 0.717) is 54.0 Å². The Balaban J connectivity index is 1.05. The number of aromatic nitrogens is 3. The van der Waals surface area contributed by atoms with Crippen LogP contribution in [0.3, 0.4) is 0 Å². The first-order chi connectivity index (χ1) is 22.7. The predicted octanol–water partition coefficient (Wildman–Crippen LogP) is 5.33. The Kier molecular flexibility index (Phi) is 8.50. The lowest BCUT2D eigenvalue weighted by Gasteiger charge is -2.43. The zero-order valence-corrected chi connectivity index (χ0v) is 27.5. The molecule has 0 aliphatic carbocycles. The van der Waals surface area contributed by atoms with Crippen molar-refractivity contribution in [2.75, 3.05) is 26.2 Å². The van der Waals surface area contributed by atoms with Crippen molar-refractivity contribution in [1.29, 1.82) is 0 Å². The van der Waals surface area contributed by atoms with E-state index in [2.05, 4.69) is 9.97 Å². The first kappa shape index (κ1) is 31.3. The molecule has 1 aromatic carbocycles. The lowest BCUT2D eigenvalue weighted by molar-refractivity contribution is -0.142. The van der Waals surface area contributed by atoms with Crippen molar-refractivity contribution in [3.8, 4) is 10.4 Å². The van der Waals surface area contributed by atoms with Gasteiger partial charge in [-0.2, -0.15) is 0 Å². The van der Waals surface area contributed by atoms with Crippen molar-refractivity contribution in [3.05, 3.63) is 105 Å². The van der Waals surface area contributed by atoms with Crippen LogP contribution in [0.2, 0.25) is 0 Å². The molecule has 2 atom stereocenters. The van der Waals surface area contributed by atoms with Crippen molar-refractivity contribution in [2.45, 2.75) is 44.2 Å². The average molecular weight is 672 g/mol. The van der Waals surface area contributed by atoms with Crippen LogP contribution in [0.5, 0.6) is 0 Å². The van der Waals surface area contributed by atoms with Crippen molar-refractivity contribution in [2.24, 2.45) is 5.92 Å². The summed E-state index contributed by atoms with van der Waals surface area (Å²) in [6, 6.07) is 16.6. The summed E-state index contributed by atoms with van der Waals surface area (Å²) < 4.78 is 16.6. The zero-order valence-electron chi connectivity index (χ0n) is 25.8. The Bertz CT molecular complexity index is 1980. The summed E-state index contributed by atoms with van der Waals surface area (Å²) in [6.07, 6.45) is 4.26. The molecule has 1 N–H and O–H groups in total. The molecule has 2 saturated heterocycles. The molecule has 7 rings (SSSR count). The fourth-order valence-electron chi connectivity index (χ4n) is 6.74. The van der Waals surface area contributed by atoms with Gasteiger partial charge in [-0.15, -0.1) is 22.7 Å². The van der Waals surface area contributed by atoms with E-state index in [1.807, 2.05) is 54.8 Å². The smallest absolute Gasteiger partial charge is 0.266 e. The lowest BCUT2D eigenvalue weighted by Crippen LogP contribution is -2.53. The molecule has 242 valence electrons. The van der Waals surface area contributed by atoms with Gasteiger partial charge in [0.1, 0.15) is 15.5 Å². The fourth-order valence-corrected chi connectivity index (χ4v) is 8.46. The summed E-state index contributed by atoms with van der Waals surface area (Å²) in [5.74, 6) is -1.59. The number of nitrogens with zero attached hydrogens (tertiary/aromatic N) is 5. The van der Waals surface area contributed by atoms with Gasteiger partial charge in [0.2, 0.25) is 5.91 Å². The quantitative estimate of drug-likeness (QED) is 0.262. The molecule has 6 heterocycles. The van der Waals surface area contributed by atoms with E-state index in [1.165, 1.54) is 28.3 Å². The molecule has 0 spiro atoms. The summed E-state index contributed by atoms with van der Waals surface area (Å²) in [5.41, 5.74) is 1.24. The molecule has 5 aromatic rings. The molecular formula is C35H34FN5O4S2. The van der Waals surface area contributed by atoms with E-state index in [-0.39, 0.29) is 47.2 Å². The monoisotopic (exact) mass is 671 g/mol. The maximum absolute atomic E-state index is 15.2. The largest absolute Gasteiger partial charge is 0.388 e. The number of likely N-dealkylation sites (tertiary alicyclic amines) is 2. The van der Waals surface area contributed by atoms with Gasteiger partial charge < -0.3 is 14.9 Å². The Hall–Kier alpha value is -4.26. The molecule has 12 heteroatoms. The van der Waals surface area contributed by atoms with Gasteiger partial charge in [-0.3, -0.25) is 23.9 Å². The standard InChI is InChI=1S/C35H34FN5O4S2/c1-22-7-8-24(18-37-22)29-17-28(36)30(47-29)34(44)40-13-9-25(27(19-40)23-5-3-2-4-6-23)32(42)39-14-11-35(45,12-15-39)20-41-21-38-31-26(33(41)43)10-16-46-31/h2-8,10,16-18,21,25,27,45H,9,11-15,19-20H2,1H3/t25-,27+/m1/s1. The number of thiophene rings is 2. The van der Waals surface area contributed by atoms with Crippen LogP contribution in [-0.4, -0.2) is 73.0 Å². The summed E-state index contributed by atoms with van der Waals surface area (Å²) in [4.78, 5) is 54.2. The first-order valence-corrected chi connectivity index (χ1v) is 17.4. The van der Waals surface area contributed by atoms with Crippen LogP contribution in [0.4, 0.5) is 4.39 Å². The molecule has 4 aromatic heterocycles. The molecule has 2 amide bonds. The number of rotatable bonds is 6. The second kappa shape index (κ2) is 12.7. The molecule has 9 nitrogen and oxygen atoms in total.